The Balaban J connectivity index is 1.91. The number of hydrogen-bond acceptors (Lipinski definition) is 10. The highest BCUT2D eigenvalue weighted by Crippen LogP contribution is 2.53. The molecule has 1 amide bonds. The number of likely N-dealkylation sites (N-methyl/N-ethyl adjacent to an activating group) is 1. The van der Waals surface area contributed by atoms with Gasteiger partial charge in [0.25, 0.3) is 5.91 Å². The molecule has 0 spiro atoms. The van der Waals surface area contributed by atoms with Gasteiger partial charge in [-0.05, 0) is 58.9 Å². The van der Waals surface area contributed by atoms with Gasteiger partial charge in [-0.15, -0.1) is 0 Å². The van der Waals surface area contributed by atoms with Gasteiger partial charge in [-0.3, -0.25) is 19.3 Å². The number of ketones is 2. The zero-order valence-electron chi connectivity index (χ0n) is 22.2. The van der Waals surface area contributed by atoms with Crippen molar-refractivity contribution in [2.45, 2.75) is 44.4 Å². The van der Waals surface area contributed by atoms with Gasteiger partial charge in [0.05, 0.1) is 18.7 Å². The number of primary amides is 1. The molecule has 0 fully saturated rings. The van der Waals surface area contributed by atoms with Crippen LogP contribution in [-0.4, -0.2) is 94.1 Å². The number of allylic oxidation sites excluding steroid dienone is 1. The lowest BCUT2D eigenvalue weighted by molar-refractivity contribution is -0.148. The molecule has 0 aliphatic heterocycles. The minimum atomic E-state index is -2.66. The van der Waals surface area contributed by atoms with Crippen molar-refractivity contribution in [2.24, 2.45) is 17.6 Å². The number of methoxy groups -OCH3 is 1. The Labute approximate surface area is 220 Å². The van der Waals surface area contributed by atoms with Crippen LogP contribution < -0.4 is 10.5 Å². The molecule has 0 bridgehead atoms. The topological polar surface area (TPSA) is 174 Å². The van der Waals surface area contributed by atoms with E-state index >= 15 is 0 Å². The number of carbonyl (C=O) groups excluding carboxylic acids is 3. The number of nitrogens with two attached hydrogens (primary N) is 1. The van der Waals surface area contributed by atoms with Crippen LogP contribution in [0.15, 0.2) is 28.7 Å². The molecule has 11 heteroatoms. The maximum Gasteiger partial charge on any atom is 0.255 e. The second-order valence-corrected chi connectivity index (χ2v) is 10.6. The maximum absolute atomic E-state index is 13.8. The number of Topliss-reactive ketones (excluding diaryl/α,β-unsaturated/α-hetero) is 2. The Morgan fingerprint density at radius 2 is 1.87 bits per heavy atom. The van der Waals surface area contributed by atoms with Gasteiger partial charge in [-0.1, -0.05) is 6.92 Å². The van der Waals surface area contributed by atoms with E-state index in [0.29, 0.717) is 23.4 Å². The van der Waals surface area contributed by atoms with Crippen molar-refractivity contribution in [2.75, 3.05) is 34.8 Å². The molecule has 0 saturated carbocycles. The quantitative estimate of drug-likeness (QED) is 0.320. The molecule has 6 N–H and O–H groups in total. The summed E-state index contributed by atoms with van der Waals surface area (Å²) < 4.78 is 5.71. The first-order valence-electron chi connectivity index (χ1n) is 12.6. The van der Waals surface area contributed by atoms with Gasteiger partial charge in [-0.2, -0.15) is 0 Å². The highest BCUT2D eigenvalue weighted by Gasteiger charge is 2.63. The molecule has 11 nitrogen and oxygen atoms in total. The number of nitrogens with zero attached hydrogens (tertiary/aromatic N) is 2. The molecular weight excluding hydrogens is 494 g/mol. The largest absolute Gasteiger partial charge is 0.510 e. The van der Waals surface area contributed by atoms with Gasteiger partial charge < -0.3 is 35.8 Å². The number of hydrogen-bond donors (Lipinski definition) is 5. The molecule has 0 unspecified atom stereocenters. The number of carbonyl (C=O) groups is 3. The van der Waals surface area contributed by atoms with Crippen molar-refractivity contribution in [3.05, 3.63) is 45.4 Å². The van der Waals surface area contributed by atoms with E-state index in [0.717, 1.165) is 13.0 Å². The number of aromatic hydroxyl groups is 1. The fraction of sp³-hybridized carbons (Fsp3) is 0.519. The molecular formula is C27H35N3O8. The van der Waals surface area contributed by atoms with Crippen LogP contribution in [0.3, 0.4) is 0 Å². The summed E-state index contributed by atoms with van der Waals surface area (Å²) in [5.41, 5.74) is 2.78. The van der Waals surface area contributed by atoms with Gasteiger partial charge in [-0.25, -0.2) is 0 Å². The first-order valence-corrected chi connectivity index (χ1v) is 12.6. The van der Waals surface area contributed by atoms with Crippen molar-refractivity contribution in [3.8, 4) is 11.5 Å². The summed E-state index contributed by atoms with van der Waals surface area (Å²) in [6.07, 6.45) is 1.13. The third kappa shape index (κ3) is 3.88. The highest BCUT2D eigenvalue weighted by molar-refractivity contribution is 6.24. The van der Waals surface area contributed by atoms with Crippen molar-refractivity contribution in [1.29, 1.82) is 0 Å². The minimum absolute atomic E-state index is 0.0235. The van der Waals surface area contributed by atoms with Crippen LogP contribution in [0.1, 0.15) is 41.3 Å². The predicted molar refractivity (Wildman–Crippen MR) is 137 cm³/mol. The zero-order chi connectivity index (χ0) is 28.3. The van der Waals surface area contributed by atoms with Gasteiger partial charge in [0.1, 0.15) is 28.6 Å². The fourth-order valence-corrected chi connectivity index (χ4v) is 6.49. The van der Waals surface area contributed by atoms with Crippen LogP contribution >= 0.6 is 0 Å². The molecule has 1 aromatic rings. The number of rotatable bonds is 7. The lowest BCUT2D eigenvalue weighted by Crippen LogP contribution is -2.63. The second-order valence-electron chi connectivity index (χ2n) is 10.6. The summed E-state index contributed by atoms with van der Waals surface area (Å²) in [5.74, 6) is -6.31. The first kappa shape index (κ1) is 27.6. The van der Waals surface area contributed by atoms with E-state index in [4.69, 9.17) is 10.5 Å². The van der Waals surface area contributed by atoms with E-state index in [1.54, 1.807) is 14.1 Å². The van der Waals surface area contributed by atoms with Gasteiger partial charge in [0, 0.05) is 29.2 Å². The predicted octanol–water partition coefficient (Wildman–Crippen LogP) is 0.971. The molecule has 0 saturated heterocycles. The van der Waals surface area contributed by atoms with E-state index in [-0.39, 0.29) is 29.7 Å². The zero-order valence-corrected chi connectivity index (χ0v) is 22.2. The standard InChI is InChI=1S/C27H35N3O8/c1-6-7-30(4)11-13-10-16(31)18-14(23(13)38-5)8-12-9-15-20(29(2)3)22(33)19(26(28)36)25(35)27(15,37)24(34)17(12)21(18)32/h10,12,15,20,31,33-34,37H,6-9,11H2,1-5H3,(H2,28,36)/t12-,15-,20-,27-/m0/s1. The Morgan fingerprint density at radius 1 is 1.21 bits per heavy atom. The molecule has 1 aromatic carbocycles. The Kier molecular flexibility index (Phi) is 7.06. The molecule has 38 heavy (non-hydrogen) atoms. The minimum Gasteiger partial charge on any atom is -0.510 e. The number of amides is 1. The van der Waals surface area contributed by atoms with Crippen LogP contribution in [0.4, 0.5) is 0 Å². The normalized spacial score (nSPS) is 27.0. The Bertz CT molecular complexity index is 1280. The Morgan fingerprint density at radius 3 is 2.42 bits per heavy atom. The van der Waals surface area contributed by atoms with Crippen molar-refractivity contribution in [3.63, 3.8) is 0 Å². The molecule has 0 heterocycles. The van der Waals surface area contributed by atoms with Gasteiger partial charge >= 0.3 is 0 Å². The molecule has 4 atom stereocenters. The monoisotopic (exact) mass is 529 g/mol. The van der Waals surface area contributed by atoms with E-state index in [1.807, 2.05) is 7.05 Å². The van der Waals surface area contributed by atoms with E-state index < -0.39 is 58.0 Å². The average molecular weight is 530 g/mol. The number of phenolic OH excluding ortho intramolecular Hbond substituents is 1. The summed E-state index contributed by atoms with van der Waals surface area (Å²) in [5, 5.41) is 44.8. The summed E-state index contributed by atoms with van der Waals surface area (Å²) in [6, 6.07) is 0.421. The van der Waals surface area contributed by atoms with Crippen LogP contribution in [0.25, 0.3) is 0 Å². The molecule has 3 aliphatic carbocycles. The van der Waals surface area contributed by atoms with Crippen molar-refractivity contribution < 1.29 is 39.5 Å². The summed E-state index contributed by atoms with van der Waals surface area (Å²) in [6.45, 7) is 3.34. The lowest BCUT2D eigenvalue weighted by atomic mass is 9.58. The van der Waals surface area contributed by atoms with Gasteiger partial charge in [0.2, 0.25) is 5.78 Å². The van der Waals surface area contributed by atoms with E-state index in [1.165, 1.54) is 18.1 Å². The third-order valence-electron chi connectivity index (χ3n) is 8.00. The highest BCUT2D eigenvalue weighted by atomic mass is 16.5. The van der Waals surface area contributed by atoms with Crippen molar-refractivity contribution in [1.82, 2.24) is 9.80 Å². The smallest absolute Gasteiger partial charge is 0.255 e. The van der Waals surface area contributed by atoms with E-state index in [2.05, 4.69) is 11.8 Å². The van der Waals surface area contributed by atoms with Crippen molar-refractivity contribution >= 4 is 17.5 Å². The third-order valence-corrected chi connectivity index (χ3v) is 8.00. The van der Waals surface area contributed by atoms with Crippen LogP contribution in [0, 0.1) is 11.8 Å². The molecule has 4 rings (SSSR count). The van der Waals surface area contributed by atoms with Gasteiger partial charge in [0.15, 0.2) is 11.4 Å². The number of aliphatic hydroxyl groups is 3. The fourth-order valence-electron chi connectivity index (χ4n) is 6.49. The van der Waals surface area contributed by atoms with E-state index in [9.17, 15) is 34.8 Å². The number of ether oxygens (including phenoxy) is 1. The SMILES string of the molecule is CCCN(C)Cc1cc(O)c2c(c1OC)C[C@H]1C[C@H]3[C@H](N(C)C)C(O)=C(C(N)=O)C(=O)[C@@]3(O)C(O)=C1C2=O. The molecule has 0 aromatic heterocycles. The number of fused-ring (bicyclic) bond motifs is 3. The van der Waals surface area contributed by atoms with Crippen LogP contribution in [0.2, 0.25) is 0 Å². The first-order chi connectivity index (χ1) is 17.8. The second kappa shape index (κ2) is 9.72. The Hall–Kier alpha value is -3.41. The number of benzene rings is 1. The average Bonchev–Trinajstić information content (AvgIpc) is 2.81. The summed E-state index contributed by atoms with van der Waals surface area (Å²) in [7, 11) is 6.60. The number of aliphatic hydroxyl groups excluding tert-OH is 2. The molecule has 0 radical (unpaired) electrons. The maximum atomic E-state index is 13.8. The lowest BCUT2D eigenvalue weighted by Gasteiger charge is -2.50. The molecule has 206 valence electrons. The summed E-state index contributed by atoms with van der Waals surface area (Å²) >= 11 is 0. The van der Waals surface area contributed by atoms with Crippen LogP contribution in [-0.2, 0) is 22.6 Å². The van der Waals surface area contributed by atoms with Crippen LogP contribution in [0.5, 0.6) is 11.5 Å². The summed E-state index contributed by atoms with van der Waals surface area (Å²) in [4.78, 5) is 42.8. The number of phenols is 1. The molecule has 3 aliphatic rings.